The van der Waals surface area contributed by atoms with Gasteiger partial charge in [0.15, 0.2) is 0 Å². The van der Waals surface area contributed by atoms with Crippen molar-refractivity contribution in [3.63, 3.8) is 0 Å². The van der Waals surface area contributed by atoms with E-state index in [0.29, 0.717) is 5.82 Å². The highest BCUT2D eigenvalue weighted by atomic mass is 35.5. The van der Waals surface area contributed by atoms with Gasteiger partial charge in [-0.1, -0.05) is 36.7 Å². The second kappa shape index (κ2) is 3.95. The number of nitrogen functional groups attached to an aromatic ring is 1. The van der Waals surface area contributed by atoms with Crippen molar-refractivity contribution in [3.8, 4) is 0 Å². The van der Waals surface area contributed by atoms with Crippen LogP contribution in [0.4, 0.5) is 5.82 Å². The molecule has 3 N–H and O–H groups in total. The summed E-state index contributed by atoms with van der Waals surface area (Å²) < 4.78 is 0. The molecule has 0 radical (unpaired) electrons. The first kappa shape index (κ1) is 10.1. The zero-order valence-corrected chi connectivity index (χ0v) is 9.12. The minimum absolute atomic E-state index is 0.170. The highest BCUT2D eigenvalue weighted by molar-refractivity contribution is 6.31. The summed E-state index contributed by atoms with van der Waals surface area (Å²) in [7, 11) is 0. The molecule has 78 valence electrons. The third-order valence-electron chi connectivity index (χ3n) is 2.46. The maximum absolute atomic E-state index is 6.11. The summed E-state index contributed by atoms with van der Waals surface area (Å²) in [5, 5.41) is 7.56. The molecule has 3 nitrogen and oxygen atoms in total. The van der Waals surface area contributed by atoms with E-state index < -0.39 is 0 Å². The number of benzene rings is 1. The molecular formula is C11H12ClN3. The van der Waals surface area contributed by atoms with E-state index in [1.807, 2.05) is 30.3 Å². The molecule has 1 atom stereocenters. The summed E-state index contributed by atoms with van der Waals surface area (Å²) in [5.41, 5.74) is 7.60. The molecule has 4 heteroatoms. The summed E-state index contributed by atoms with van der Waals surface area (Å²) in [5.74, 6) is 0.674. The Kier molecular flexibility index (Phi) is 2.64. The molecule has 0 aliphatic carbocycles. The van der Waals surface area contributed by atoms with Crippen LogP contribution in [0.25, 0.3) is 0 Å². The van der Waals surface area contributed by atoms with Crippen molar-refractivity contribution in [1.82, 2.24) is 10.2 Å². The van der Waals surface area contributed by atoms with Crippen LogP contribution in [0, 0.1) is 0 Å². The summed E-state index contributed by atoms with van der Waals surface area (Å²) >= 11 is 6.11. The molecule has 2 aromatic rings. The fraction of sp³-hybridized carbons (Fsp3) is 0.182. The summed E-state index contributed by atoms with van der Waals surface area (Å²) in [6, 6.07) is 9.60. The molecule has 0 aliphatic rings. The van der Waals surface area contributed by atoms with Gasteiger partial charge in [0.1, 0.15) is 5.82 Å². The van der Waals surface area contributed by atoms with Gasteiger partial charge in [-0.2, -0.15) is 5.10 Å². The van der Waals surface area contributed by atoms with Gasteiger partial charge in [-0.25, -0.2) is 0 Å². The van der Waals surface area contributed by atoms with Gasteiger partial charge in [0.2, 0.25) is 0 Å². The zero-order chi connectivity index (χ0) is 10.8. The molecule has 0 saturated carbocycles. The number of halogens is 1. The maximum atomic E-state index is 6.11. The molecule has 0 amide bonds. The number of aromatic nitrogens is 2. The SMILES string of the molecule is CC(c1cc(N)n[nH]1)c1ccccc1Cl. The van der Waals surface area contributed by atoms with Crippen LogP contribution in [0.1, 0.15) is 24.1 Å². The number of H-pyrrole nitrogens is 1. The van der Waals surface area contributed by atoms with Gasteiger partial charge < -0.3 is 5.73 Å². The Hall–Kier alpha value is -1.48. The van der Waals surface area contributed by atoms with Crippen LogP contribution in [0.2, 0.25) is 5.02 Å². The minimum Gasteiger partial charge on any atom is -0.382 e. The van der Waals surface area contributed by atoms with Crippen LogP contribution in [0.3, 0.4) is 0 Å². The van der Waals surface area contributed by atoms with E-state index in [1.165, 1.54) is 0 Å². The summed E-state index contributed by atoms with van der Waals surface area (Å²) in [6.07, 6.45) is 0. The fourth-order valence-corrected chi connectivity index (χ4v) is 1.87. The number of anilines is 1. The van der Waals surface area contributed by atoms with E-state index in [2.05, 4.69) is 17.1 Å². The zero-order valence-electron chi connectivity index (χ0n) is 8.37. The monoisotopic (exact) mass is 221 g/mol. The average molecular weight is 222 g/mol. The molecule has 1 aromatic heterocycles. The first-order valence-corrected chi connectivity index (χ1v) is 5.11. The minimum atomic E-state index is 0.170. The Morgan fingerprint density at radius 3 is 2.73 bits per heavy atom. The van der Waals surface area contributed by atoms with Crippen LogP contribution < -0.4 is 5.73 Å². The van der Waals surface area contributed by atoms with Crippen LogP contribution >= 0.6 is 11.6 Å². The van der Waals surface area contributed by atoms with E-state index in [0.717, 1.165) is 16.3 Å². The molecular weight excluding hydrogens is 210 g/mol. The Morgan fingerprint density at radius 1 is 1.40 bits per heavy atom. The van der Waals surface area contributed by atoms with Gasteiger partial charge in [-0.05, 0) is 11.6 Å². The standard InChI is InChI=1S/C11H12ClN3/c1-7(10-6-11(13)15-14-10)8-4-2-3-5-9(8)12/h2-7H,1H3,(H3,13,14,15). The van der Waals surface area contributed by atoms with Crippen molar-refractivity contribution in [2.75, 3.05) is 5.73 Å². The number of nitrogens with two attached hydrogens (primary N) is 1. The molecule has 1 aromatic carbocycles. The molecule has 2 rings (SSSR count). The third kappa shape index (κ3) is 1.97. The average Bonchev–Trinajstić information content (AvgIpc) is 2.65. The van der Waals surface area contributed by atoms with Crippen molar-refractivity contribution in [2.24, 2.45) is 0 Å². The predicted molar refractivity (Wildman–Crippen MR) is 62.0 cm³/mol. The van der Waals surface area contributed by atoms with Gasteiger partial charge in [0, 0.05) is 22.7 Å². The molecule has 0 saturated heterocycles. The van der Waals surface area contributed by atoms with Crippen molar-refractivity contribution in [2.45, 2.75) is 12.8 Å². The lowest BCUT2D eigenvalue weighted by Crippen LogP contribution is -1.97. The number of nitrogens with zero attached hydrogens (tertiary/aromatic N) is 1. The Labute approximate surface area is 93.3 Å². The van der Waals surface area contributed by atoms with Crippen LogP contribution in [0.5, 0.6) is 0 Å². The fourth-order valence-electron chi connectivity index (χ4n) is 1.57. The molecule has 0 aliphatic heterocycles. The number of hydrogen-bond donors (Lipinski definition) is 2. The van der Waals surface area contributed by atoms with E-state index in [9.17, 15) is 0 Å². The molecule has 1 heterocycles. The smallest absolute Gasteiger partial charge is 0.145 e. The Balaban J connectivity index is 2.36. The van der Waals surface area contributed by atoms with Crippen LogP contribution in [-0.4, -0.2) is 10.2 Å². The molecule has 0 spiro atoms. The highest BCUT2D eigenvalue weighted by Gasteiger charge is 2.13. The molecule has 0 fully saturated rings. The number of aromatic amines is 1. The Morgan fingerprint density at radius 2 is 2.13 bits per heavy atom. The largest absolute Gasteiger partial charge is 0.382 e. The van der Waals surface area contributed by atoms with Gasteiger partial charge in [0.25, 0.3) is 0 Å². The number of rotatable bonds is 2. The third-order valence-corrected chi connectivity index (χ3v) is 2.80. The van der Waals surface area contributed by atoms with Gasteiger partial charge in [-0.15, -0.1) is 0 Å². The molecule has 15 heavy (non-hydrogen) atoms. The normalized spacial score (nSPS) is 12.7. The Bertz CT molecular complexity index is 464. The lowest BCUT2D eigenvalue weighted by atomic mass is 9.98. The van der Waals surface area contributed by atoms with Crippen molar-refractivity contribution < 1.29 is 0 Å². The second-order valence-electron chi connectivity index (χ2n) is 3.49. The quantitative estimate of drug-likeness (QED) is 0.820. The summed E-state index contributed by atoms with van der Waals surface area (Å²) in [6.45, 7) is 2.06. The van der Waals surface area contributed by atoms with E-state index in [-0.39, 0.29) is 5.92 Å². The number of hydrogen-bond acceptors (Lipinski definition) is 2. The van der Waals surface area contributed by atoms with E-state index in [1.54, 1.807) is 0 Å². The van der Waals surface area contributed by atoms with E-state index in [4.69, 9.17) is 17.3 Å². The predicted octanol–water partition coefficient (Wildman–Crippen LogP) is 2.80. The van der Waals surface area contributed by atoms with Gasteiger partial charge in [-0.3, -0.25) is 5.10 Å². The topological polar surface area (TPSA) is 54.7 Å². The first-order chi connectivity index (χ1) is 7.18. The maximum Gasteiger partial charge on any atom is 0.145 e. The first-order valence-electron chi connectivity index (χ1n) is 4.73. The molecule has 0 bridgehead atoms. The van der Waals surface area contributed by atoms with Gasteiger partial charge in [0.05, 0.1) is 0 Å². The van der Waals surface area contributed by atoms with Gasteiger partial charge >= 0.3 is 0 Å². The van der Waals surface area contributed by atoms with E-state index >= 15 is 0 Å². The lowest BCUT2D eigenvalue weighted by Gasteiger charge is -2.10. The highest BCUT2D eigenvalue weighted by Crippen LogP contribution is 2.28. The number of nitrogens with one attached hydrogen (secondary N) is 1. The lowest BCUT2D eigenvalue weighted by molar-refractivity contribution is 0.855. The van der Waals surface area contributed by atoms with Crippen LogP contribution in [0.15, 0.2) is 30.3 Å². The van der Waals surface area contributed by atoms with Crippen molar-refractivity contribution >= 4 is 17.4 Å². The van der Waals surface area contributed by atoms with Crippen molar-refractivity contribution in [3.05, 3.63) is 46.6 Å². The molecule has 1 unspecified atom stereocenters. The summed E-state index contributed by atoms with van der Waals surface area (Å²) in [4.78, 5) is 0. The van der Waals surface area contributed by atoms with Crippen LogP contribution in [-0.2, 0) is 0 Å². The van der Waals surface area contributed by atoms with Crippen molar-refractivity contribution in [1.29, 1.82) is 0 Å². The second-order valence-corrected chi connectivity index (χ2v) is 3.90.